The first-order valence-electron chi connectivity index (χ1n) is 6.27. The standard InChI is InChI=1S/C15H20FN/c1-12(2)17-11-15(9-5-6-10-15)13-7-3-4-8-14(13)16/h3-8,12,17H,9-11H2,1-2H3. The molecule has 0 saturated heterocycles. The second-order valence-electron chi connectivity index (χ2n) is 5.18. The molecule has 0 saturated carbocycles. The van der Waals surface area contributed by atoms with E-state index in [-0.39, 0.29) is 11.2 Å². The third kappa shape index (κ3) is 2.58. The molecule has 0 heterocycles. The van der Waals surface area contributed by atoms with Crippen LogP contribution in [0.5, 0.6) is 0 Å². The van der Waals surface area contributed by atoms with Gasteiger partial charge in [0.2, 0.25) is 0 Å². The molecule has 0 amide bonds. The predicted molar refractivity (Wildman–Crippen MR) is 69.6 cm³/mol. The van der Waals surface area contributed by atoms with Crippen LogP contribution in [-0.4, -0.2) is 12.6 Å². The molecule has 1 aliphatic carbocycles. The lowest BCUT2D eigenvalue weighted by Gasteiger charge is -2.31. The number of nitrogens with one attached hydrogen (secondary N) is 1. The van der Waals surface area contributed by atoms with Crippen LogP contribution >= 0.6 is 0 Å². The van der Waals surface area contributed by atoms with Crippen molar-refractivity contribution in [2.24, 2.45) is 0 Å². The molecule has 0 aromatic heterocycles. The molecular formula is C15H20FN. The SMILES string of the molecule is CC(C)NCC1(c2ccccc2F)CC=CC1. The van der Waals surface area contributed by atoms with Crippen molar-refractivity contribution in [3.8, 4) is 0 Å². The number of benzene rings is 1. The Labute approximate surface area is 103 Å². The van der Waals surface area contributed by atoms with Crippen LogP contribution in [0.25, 0.3) is 0 Å². The molecule has 92 valence electrons. The van der Waals surface area contributed by atoms with Crippen LogP contribution in [0, 0.1) is 5.82 Å². The van der Waals surface area contributed by atoms with Gasteiger partial charge in [-0.2, -0.15) is 0 Å². The quantitative estimate of drug-likeness (QED) is 0.786. The first-order valence-corrected chi connectivity index (χ1v) is 6.27. The van der Waals surface area contributed by atoms with Crippen molar-refractivity contribution in [1.82, 2.24) is 5.32 Å². The summed E-state index contributed by atoms with van der Waals surface area (Å²) in [4.78, 5) is 0. The van der Waals surface area contributed by atoms with E-state index < -0.39 is 0 Å². The Morgan fingerprint density at radius 2 is 1.88 bits per heavy atom. The fourth-order valence-corrected chi connectivity index (χ4v) is 2.45. The first kappa shape index (κ1) is 12.3. The van der Waals surface area contributed by atoms with Crippen molar-refractivity contribution in [1.29, 1.82) is 0 Å². The molecule has 0 aliphatic heterocycles. The molecule has 2 rings (SSSR count). The Morgan fingerprint density at radius 1 is 1.24 bits per heavy atom. The van der Waals surface area contributed by atoms with Gasteiger partial charge in [0.1, 0.15) is 5.82 Å². The van der Waals surface area contributed by atoms with E-state index in [1.54, 1.807) is 12.1 Å². The fraction of sp³-hybridized carbons (Fsp3) is 0.467. The number of hydrogen-bond acceptors (Lipinski definition) is 1. The maximum absolute atomic E-state index is 14.0. The van der Waals surface area contributed by atoms with Gasteiger partial charge in [0.15, 0.2) is 0 Å². The summed E-state index contributed by atoms with van der Waals surface area (Å²) in [6.45, 7) is 5.08. The fourth-order valence-electron chi connectivity index (χ4n) is 2.45. The van der Waals surface area contributed by atoms with E-state index in [9.17, 15) is 4.39 Å². The van der Waals surface area contributed by atoms with Crippen LogP contribution in [-0.2, 0) is 5.41 Å². The monoisotopic (exact) mass is 233 g/mol. The van der Waals surface area contributed by atoms with Crippen LogP contribution in [0.4, 0.5) is 4.39 Å². The summed E-state index contributed by atoms with van der Waals surface area (Å²) in [6.07, 6.45) is 6.17. The van der Waals surface area contributed by atoms with Crippen molar-refractivity contribution in [3.05, 3.63) is 47.8 Å². The Hall–Kier alpha value is -1.15. The van der Waals surface area contributed by atoms with Crippen molar-refractivity contribution < 1.29 is 4.39 Å². The van der Waals surface area contributed by atoms with Gasteiger partial charge in [0.25, 0.3) is 0 Å². The highest BCUT2D eigenvalue weighted by Gasteiger charge is 2.34. The minimum atomic E-state index is -0.0877. The Bertz CT molecular complexity index is 401. The van der Waals surface area contributed by atoms with Gasteiger partial charge in [-0.25, -0.2) is 4.39 Å². The van der Waals surface area contributed by atoms with Crippen LogP contribution in [0.15, 0.2) is 36.4 Å². The van der Waals surface area contributed by atoms with E-state index in [1.807, 2.05) is 12.1 Å². The number of hydrogen-bond donors (Lipinski definition) is 1. The van der Waals surface area contributed by atoms with Gasteiger partial charge >= 0.3 is 0 Å². The molecule has 17 heavy (non-hydrogen) atoms. The van der Waals surface area contributed by atoms with Crippen molar-refractivity contribution in [2.45, 2.75) is 38.1 Å². The van der Waals surface area contributed by atoms with E-state index in [0.717, 1.165) is 24.9 Å². The van der Waals surface area contributed by atoms with Crippen molar-refractivity contribution in [3.63, 3.8) is 0 Å². The Balaban J connectivity index is 2.25. The van der Waals surface area contributed by atoms with E-state index in [1.165, 1.54) is 0 Å². The number of halogens is 1. The van der Waals surface area contributed by atoms with Crippen LogP contribution in [0.3, 0.4) is 0 Å². The Morgan fingerprint density at radius 3 is 2.47 bits per heavy atom. The summed E-state index contributed by atoms with van der Waals surface area (Å²) in [7, 11) is 0. The molecule has 0 fully saturated rings. The maximum Gasteiger partial charge on any atom is 0.127 e. The van der Waals surface area contributed by atoms with Gasteiger partial charge in [0, 0.05) is 18.0 Å². The molecule has 1 aliphatic rings. The lowest BCUT2D eigenvalue weighted by molar-refractivity contribution is 0.383. The molecule has 1 N–H and O–H groups in total. The smallest absolute Gasteiger partial charge is 0.127 e. The maximum atomic E-state index is 14.0. The molecule has 0 spiro atoms. The highest BCUT2D eigenvalue weighted by atomic mass is 19.1. The summed E-state index contributed by atoms with van der Waals surface area (Å²) in [5.41, 5.74) is 0.758. The largest absolute Gasteiger partial charge is 0.314 e. The number of rotatable bonds is 4. The molecule has 0 atom stereocenters. The van der Waals surface area contributed by atoms with Gasteiger partial charge in [0.05, 0.1) is 0 Å². The van der Waals surface area contributed by atoms with E-state index in [4.69, 9.17) is 0 Å². The molecule has 1 aromatic carbocycles. The summed E-state index contributed by atoms with van der Waals surface area (Å²) in [5.74, 6) is -0.0817. The van der Waals surface area contributed by atoms with E-state index >= 15 is 0 Å². The second-order valence-corrected chi connectivity index (χ2v) is 5.18. The number of allylic oxidation sites excluding steroid dienone is 2. The normalized spacial score (nSPS) is 17.9. The molecule has 1 aromatic rings. The van der Waals surface area contributed by atoms with Gasteiger partial charge < -0.3 is 5.32 Å². The van der Waals surface area contributed by atoms with E-state index in [2.05, 4.69) is 31.3 Å². The van der Waals surface area contributed by atoms with Gasteiger partial charge in [-0.15, -0.1) is 0 Å². The van der Waals surface area contributed by atoms with Crippen LogP contribution < -0.4 is 5.32 Å². The lowest BCUT2D eigenvalue weighted by Crippen LogP contribution is -2.39. The molecule has 0 bridgehead atoms. The zero-order valence-electron chi connectivity index (χ0n) is 10.5. The zero-order chi connectivity index (χ0) is 12.3. The average Bonchev–Trinajstić information content (AvgIpc) is 2.77. The van der Waals surface area contributed by atoms with Gasteiger partial charge in [-0.3, -0.25) is 0 Å². The summed E-state index contributed by atoms with van der Waals surface area (Å²) >= 11 is 0. The second kappa shape index (κ2) is 5.01. The van der Waals surface area contributed by atoms with Crippen LogP contribution in [0.1, 0.15) is 32.3 Å². The van der Waals surface area contributed by atoms with Crippen molar-refractivity contribution in [2.75, 3.05) is 6.54 Å². The lowest BCUT2D eigenvalue weighted by atomic mass is 9.77. The minimum absolute atomic E-state index is 0.0817. The van der Waals surface area contributed by atoms with Gasteiger partial charge in [-0.05, 0) is 24.5 Å². The highest BCUT2D eigenvalue weighted by molar-refractivity contribution is 5.32. The van der Waals surface area contributed by atoms with E-state index in [0.29, 0.717) is 6.04 Å². The summed E-state index contributed by atoms with van der Waals surface area (Å²) in [6, 6.07) is 7.59. The molecule has 0 radical (unpaired) electrons. The molecule has 1 nitrogen and oxygen atoms in total. The predicted octanol–water partition coefficient (Wildman–Crippen LogP) is 3.41. The summed E-state index contributed by atoms with van der Waals surface area (Å²) < 4.78 is 14.0. The Kier molecular flexibility index (Phi) is 3.63. The molecular weight excluding hydrogens is 213 g/mol. The topological polar surface area (TPSA) is 12.0 Å². The first-order chi connectivity index (χ1) is 8.14. The third-order valence-electron chi connectivity index (χ3n) is 3.48. The highest BCUT2D eigenvalue weighted by Crippen LogP contribution is 2.37. The zero-order valence-corrected chi connectivity index (χ0v) is 10.5. The van der Waals surface area contributed by atoms with Crippen molar-refractivity contribution >= 4 is 0 Å². The van der Waals surface area contributed by atoms with Crippen LogP contribution in [0.2, 0.25) is 0 Å². The third-order valence-corrected chi connectivity index (χ3v) is 3.48. The van der Waals surface area contributed by atoms with Gasteiger partial charge in [-0.1, -0.05) is 44.2 Å². The summed E-state index contributed by atoms with van der Waals surface area (Å²) in [5, 5.41) is 3.45. The minimum Gasteiger partial charge on any atom is -0.314 e. The molecule has 2 heteroatoms. The molecule has 0 unspecified atom stereocenters. The average molecular weight is 233 g/mol.